The highest BCUT2D eigenvalue weighted by Crippen LogP contribution is 2.52. The van der Waals surface area contributed by atoms with Gasteiger partial charge >= 0.3 is 0 Å². The minimum Gasteiger partial charge on any atom is -0.491 e. The van der Waals surface area contributed by atoms with E-state index in [1.165, 1.54) is 16.7 Å². The van der Waals surface area contributed by atoms with Gasteiger partial charge in [-0.15, -0.1) is 0 Å². The van der Waals surface area contributed by atoms with E-state index in [1.54, 1.807) is 0 Å². The molecule has 0 N–H and O–H groups in total. The summed E-state index contributed by atoms with van der Waals surface area (Å²) in [7, 11) is 0. The van der Waals surface area contributed by atoms with Gasteiger partial charge in [0.2, 0.25) is 0 Å². The Morgan fingerprint density at radius 3 is 2.24 bits per heavy atom. The monoisotopic (exact) mass is 376 g/mol. The SMILES string of the molecule is C1=CC2=Cc3c(ccc4c3OCC4(c3ccccc3)c3ccccc3)OC2C=C1. The van der Waals surface area contributed by atoms with Crippen molar-refractivity contribution in [2.75, 3.05) is 6.61 Å². The van der Waals surface area contributed by atoms with Gasteiger partial charge in [-0.25, -0.2) is 0 Å². The normalized spacial score (nSPS) is 20.0. The Kier molecular flexibility index (Phi) is 3.54. The van der Waals surface area contributed by atoms with E-state index in [4.69, 9.17) is 9.47 Å². The molecule has 2 aliphatic heterocycles. The van der Waals surface area contributed by atoms with E-state index >= 15 is 0 Å². The molecule has 0 saturated carbocycles. The summed E-state index contributed by atoms with van der Waals surface area (Å²) in [5, 5.41) is 0. The van der Waals surface area contributed by atoms with Crippen molar-refractivity contribution in [3.05, 3.63) is 125 Å². The van der Waals surface area contributed by atoms with Crippen LogP contribution in [0.15, 0.2) is 103 Å². The average molecular weight is 376 g/mol. The topological polar surface area (TPSA) is 18.5 Å². The van der Waals surface area contributed by atoms with Crippen molar-refractivity contribution in [3.8, 4) is 11.5 Å². The number of benzene rings is 3. The number of fused-ring (bicyclic) bond motifs is 4. The third-order valence-corrected chi connectivity index (χ3v) is 6.16. The van der Waals surface area contributed by atoms with Gasteiger partial charge in [0, 0.05) is 5.56 Å². The smallest absolute Gasteiger partial charge is 0.142 e. The summed E-state index contributed by atoms with van der Waals surface area (Å²) >= 11 is 0. The fourth-order valence-electron chi connectivity index (χ4n) is 4.74. The Hall–Kier alpha value is -3.52. The summed E-state index contributed by atoms with van der Waals surface area (Å²) in [5.41, 5.74) is 5.56. The summed E-state index contributed by atoms with van der Waals surface area (Å²) in [6.07, 6.45) is 10.5. The van der Waals surface area contributed by atoms with E-state index < -0.39 is 0 Å². The lowest BCUT2D eigenvalue weighted by Crippen LogP contribution is -2.31. The highest BCUT2D eigenvalue weighted by molar-refractivity contribution is 5.76. The van der Waals surface area contributed by atoms with Gasteiger partial charge in [-0.2, -0.15) is 0 Å². The molecule has 29 heavy (non-hydrogen) atoms. The van der Waals surface area contributed by atoms with Crippen molar-refractivity contribution in [3.63, 3.8) is 0 Å². The molecule has 0 spiro atoms. The summed E-state index contributed by atoms with van der Waals surface area (Å²) in [6, 6.07) is 25.6. The molecule has 0 fully saturated rings. The first-order valence-corrected chi connectivity index (χ1v) is 10.0. The van der Waals surface area contributed by atoms with Crippen molar-refractivity contribution in [2.45, 2.75) is 11.5 Å². The van der Waals surface area contributed by atoms with Crippen LogP contribution >= 0.6 is 0 Å². The third kappa shape index (κ3) is 2.35. The standard InChI is InChI=1S/C27H20O2/c1-3-10-20(11-4-1)27(21-12-5-2-6-13-21)18-28-26-22-17-19-9-7-8-14-24(19)29-25(22)16-15-23(26)27/h1-17,24H,18H2. The molecule has 3 aliphatic rings. The maximum Gasteiger partial charge on any atom is 0.142 e. The van der Waals surface area contributed by atoms with Gasteiger partial charge in [-0.05, 0) is 34.9 Å². The Morgan fingerprint density at radius 1 is 0.793 bits per heavy atom. The van der Waals surface area contributed by atoms with Crippen LogP contribution in [0.5, 0.6) is 11.5 Å². The summed E-state index contributed by atoms with van der Waals surface area (Å²) < 4.78 is 12.7. The first kappa shape index (κ1) is 16.4. The zero-order chi connectivity index (χ0) is 19.3. The van der Waals surface area contributed by atoms with Gasteiger partial charge in [0.1, 0.15) is 24.2 Å². The summed E-state index contributed by atoms with van der Waals surface area (Å²) in [4.78, 5) is 0. The Labute approximate surface area is 170 Å². The molecule has 1 aliphatic carbocycles. The molecule has 0 saturated heterocycles. The van der Waals surface area contributed by atoms with Gasteiger partial charge in [0.15, 0.2) is 0 Å². The van der Waals surface area contributed by atoms with E-state index in [1.807, 2.05) is 6.08 Å². The predicted octanol–water partition coefficient (Wildman–Crippen LogP) is 5.68. The lowest BCUT2D eigenvalue weighted by Gasteiger charge is -2.30. The molecule has 0 bridgehead atoms. The zero-order valence-corrected chi connectivity index (χ0v) is 15.9. The molecule has 2 heteroatoms. The molecule has 1 atom stereocenters. The van der Waals surface area contributed by atoms with Crippen LogP contribution in [-0.4, -0.2) is 12.7 Å². The van der Waals surface area contributed by atoms with Gasteiger partial charge in [-0.1, -0.05) is 85.0 Å². The lowest BCUT2D eigenvalue weighted by molar-refractivity contribution is 0.277. The minimum atomic E-state index is -0.329. The number of hydrogen-bond acceptors (Lipinski definition) is 2. The average Bonchev–Trinajstić information content (AvgIpc) is 3.20. The largest absolute Gasteiger partial charge is 0.491 e. The van der Waals surface area contributed by atoms with Crippen molar-refractivity contribution in [1.29, 1.82) is 0 Å². The number of rotatable bonds is 2. The van der Waals surface area contributed by atoms with Crippen LogP contribution in [0.3, 0.4) is 0 Å². The van der Waals surface area contributed by atoms with Crippen LogP contribution in [0.2, 0.25) is 0 Å². The second-order valence-electron chi connectivity index (χ2n) is 7.71. The maximum atomic E-state index is 6.43. The van der Waals surface area contributed by atoms with Gasteiger partial charge in [0.25, 0.3) is 0 Å². The van der Waals surface area contributed by atoms with Crippen LogP contribution in [-0.2, 0) is 5.41 Å². The molecule has 2 heterocycles. The Bertz CT molecular complexity index is 1130. The predicted molar refractivity (Wildman–Crippen MR) is 115 cm³/mol. The maximum absolute atomic E-state index is 6.43. The first-order valence-electron chi connectivity index (χ1n) is 10.0. The number of hydrogen-bond donors (Lipinski definition) is 0. The highest BCUT2D eigenvalue weighted by atomic mass is 16.5. The lowest BCUT2D eigenvalue weighted by atomic mass is 9.70. The summed E-state index contributed by atoms with van der Waals surface area (Å²) in [6.45, 7) is 0.579. The van der Waals surface area contributed by atoms with Gasteiger partial charge in [0.05, 0.1) is 11.0 Å². The molecule has 0 aromatic heterocycles. The molecular formula is C27H20O2. The Balaban J connectivity index is 1.59. The van der Waals surface area contributed by atoms with E-state index in [2.05, 4.69) is 97.1 Å². The van der Waals surface area contributed by atoms with Crippen molar-refractivity contribution >= 4 is 6.08 Å². The number of ether oxygens (including phenoxy) is 2. The fraction of sp³-hybridized carbons (Fsp3) is 0.111. The molecular weight excluding hydrogens is 356 g/mol. The van der Waals surface area contributed by atoms with Crippen LogP contribution in [0.1, 0.15) is 22.3 Å². The quantitative estimate of drug-likeness (QED) is 0.572. The first-order chi connectivity index (χ1) is 14.4. The fourth-order valence-corrected chi connectivity index (χ4v) is 4.74. The molecule has 0 amide bonds. The second-order valence-corrected chi connectivity index (χ2v) is 7.71. The van der Waals surface area contributed by atoms with E-state index in [-0.39, 0.29) is 11.5 Å². The van der Waals surface area contributed by atoms with E-state index in [9.17, 15) is 0 Å². The molecule has 140 valence electrons. The van der Waals surface area contributed by atoms with Crippen LogP contribution in [0.4, 0.5) is 0 Å². The molecule has 6 rings (SSSR count). The van der Waals surface area contributed by atoms with E-state index in [0.29, 0.717) is 6.61 Å². The third-order valence-electron chi connectivity index (χ3n) is 6.16. The van der Waals surface area contributed by atoms with Crippen LogP contribution in [0.25, 0.3) is 6.08 Å². The summed E-state index contributed by atoms with van der Waals surface area (Å²) in [5.74, 6) is 1.82. The van der Waals surface area contributed by atoms with Crippen molar-refractivity contribution in [2.24, 2.45) is 0 Å². The van der Waals surface area contributed by atoms with E-state index in [0.717, 1.165) is 22.6 Å². The Morgan fingerprint density at radius 2 is 1.52 bits per heavy atom. The van der Waals surface area contributed by atoms with Crippen molar-refractivity contribution < 1.29 is 9.47 Å². The second kappa shape index (κ2) is 6.25. The molecule has 3 aromatic carbocycles. The molecule has 2 nitrogen and oxygen atoms in total. The van der Waals surface area contributed by atoms with Crippen LogP contribution < -0.4 is 9.47 Å². The molecule has 0 radical (unpaired) electrons. The zero-order valence-electron chi connectivity index (χ0n) is 15.9. The van der Waals surface area contributed by atoms with Gasteiger partial charge in [-0.3, -0.25) is 0 Å². The number of allylic oxidation sites excluding steroid dienone is 2. The molecule has 1 unspecified atom stereocenters. The van der Waals surface area contributed by atoms with Crippen LogP contribution in [0, 0.1) is 0 Å². The minimum absolute atomic E-state index is 0.0139. The molecule has 3 aromatic rings. The highest BCUT2D eigenvalue weighted by Gasteiger charge is 2.45. The van der Waals surface area contributed by atoms with Crippen molar-refractivity contribution in [1.82, 2.24) is 0 Å². The van der Waals surface area contributed by atoms with Gasteiger partial charge < -0.3 is 9.47 Å².